The maximum Gasteiger partial charge on any atom is 0.321 e. The van der Waals surface area contributed by atoms with Crippen molar-refractivity contribution in [2.75, 3.05) is 13.2 Å². The quantitative estimate of drug-likeness (QED) is 0.477. The number of rotatable bonds is 8. The highest BCUT2D eigenvalue weighted by atomic mass is 32.2. The maximum atomic E-state index is 13.0. The predicted molar refractivity (Wildman–Crippen MR) is 103 cm³/mol. The van der Waals surface area contributed by atoms with Gasteiger partial charge in [-0.25, -0.2) is 8.42 Å². The van der Waals surface area contributed by atoms with Crippen molar-refractivity contribution in [1.29, 1.82) is 0 Å². The van der Waals surface area contributed by atoms with E-state index in [0.29, 0.717) is 5.56 Å². The number of nitrogens with zero attached hydrogens (tertiary/aromatic N) is 1. The molecule has 154 valence electrons. The maximum absolute atomic E-state index is 13.0. The van der Waals surface area contributed by atoms with Crippen LogP contribution < -0.4 is 10.9 Å². The normalized spacial score (nSPS) is 11.0. The molecule has 0 radical (unpaired) electrons. The van der Waals surface area contributed by atoms with Crippen molar-refractivity contribution in [3.05, 3.63) is 66.2 Å². The van der Waals surface area contributed by atoms with Gasteiger partial charge in [0.15, 0.2) is 6.61 Å². The number of carbonyl (C=O) groups is 3. The van der Waals surface area contributed by atoms with Gasteiger partial charge in [-0.2, -0.15) is 4.31 Å². The van der Waals surface area contributed by atoms with Crippen molar-refractivity contribution in [1.82, 2.24) is 15.2 Å². The van der Waals surface area contributed by atoms with Crippen LogP contribution in [0.25, 0.3) is 0 Å². The number of amides is 2. The lowest BCUT2D eigenvalue weighted by Gasteiger charge is -2.21. The number of sulfonamides is 1. The third-order valence-corrected chi connectivity index (χ3v) is 5.44. The molecule has 0 atom stereocenters. The van der Waals surface area contributed by atoms with Crippen molar-refractivity contribution in [2.45, 2.75) is 18.4 Å². The summed E-state index contributed by atoms with van der Waals surface area (Å²) in [6.07, 6.45) is 0. The van der Waals surface area contributed by atoms with Crippen molar-refractivity contribution in [3.8, 4) is 0 Å². The van der Waals surface area contributed by atoms with E-state index in [0.717, 1.165) is 4.31 Å². The molecule has 2 rings (SSSR count). The SMILES string of the molecule is CC(=O)NNC(=O)COC(=O)CN(Cc1ccccc1)S(=O)(=O)c1ccccc1. The molecule has 2 aromatic carbocycles. The average Bonchev–Trinajstić information content (AvgIpc) is 2.71. The van der Waals surface area contributed by atoms with Crippen molar-refractivity contribution >= 4 is 27.8 Å². The van der Waals surface area contributed by atoms with Crippen LogP contribution in [-0.2, 0) is 35.7 Å². The second-order valence-electron chi connectivity index (χ2n) is 5.96. The zero-order valence-electron chi connectivity index (χ0n) is 15.7. The van der Waals surface area contributed by atoms with Crippen LogP contribution in [0.1, 0.15) is 12.5 Å². The highest BCUT2D eigenvalue weighted by Crippen LogP contribution is 2.18. The topological polar surface area (TPSA) is 122 Å². The lowest BCUT2D eigenvalue weighted by molar-refractivity contribution is -0.149. The Morgan fingerprint density at radius 1 is 0.931 bits per heavy atom. The third kappa shape index (κ3) is 7.01. The van der Waals surface area contributed by atoms with Crippen LogP contribution in [0.5, 0.6) is 0 Å². The van der Waals surface area contributed by atoms with Gasteiger partial charge in [0.1, 0.15) is 6.54 Å². The van der Waals surface area contributed by atoms with Gasteiger partial charge in [-0.1, -0.05) is 48.5 Å². The highest BCUT2D eigenvalue weighted by molar-refractivity contribution is 7.89. The summed E-state index contributed by atoms with van der Waals surface area (Å²) in [5, 5.41) is 0. The molecule has 0 aliphatic heterocycles. The second-order valence-corrected chi connectivity index (χ2v) is 7.90. The molecule has 0 unspecified atom stereocenters. The van der Waals surface area contributed by atoms with Gasteiger partial charge < -0.3 is 4.74 Å². The molecular weight excluding hydrogens is 398 g/mol. The summed E-state index contributed by atoms with van der Waals surface area (Å²) >= 11 is 0. The first-order chi connectivity index (χ1) is 13.8. The number of benzene rings is 2. The van der Waals surface area contributed by atoms with Gasteiger partial charge >= 0.3 is 5.97 Å². The van der Waals surface area contributed by atoms with Crippen LogP contribution in [0, 0.1) is 0 Å². The zero-order valence-corrected chi connectivity index (χ0v) is 16.5. The molecule has 0 heterocycles. The summed E-state index contributed by atoms with van der Waals surface area (Å²) < 4.78 is 31.8. The molecule has 0 aliphatic rings. The summed E-state index contributed by atoms with van der Waals surface area (Å²) in [7, 11) is -3.98. The van der Waals surface area contributed by atoms with Crippen LogP contribution in [-0.4, -0.2) is 43.7 Å². The predicted octanol–water partition coefficient (Wildman–Crippen LogP) is 0.588. The van der Waals surface area contributed by atoms with E-state index in [1.54, 1.807) is 48.5 Å². The van der Waals surface area contributed by atoms with Gasteiger partial charge in [0.25, 0.3) is 5.91 Å². The fraction of sp³-hybridized carbons (Fsp3) is 0.211. The average molecular weight is 419 g/mol. The Balaban J connectivity index is 2.10. The highest BCUT2D eigenvalue weighted by Gasteiger charge is 2.27. The van der Waals surface area contributed by atoms with Crippen molar-refractivity contribution < 1.29 is 27.5 Å². The van der Waals surface area contributed by atoms with Crippen LogP contribution in [0.2, 0.25) is 0 Å². The number of esters is 1. The minimum atomic E-state index is -3.98. The third-order valence-electron chi connectivity index (χ3n) is 3.63. The first-order valence-electron chi connectivity index (χ1n) is 8.59. The van der Waals surface area contributed by atoms with Gasteiger partial charge in [-0.3, -0.25) is 25.2 Å². The largest absolute Gasteiger partial charge is 0.455 e. The molecule has 2 aromatic rings. The molecule has 2 N–H and O–H groups in total. The Morgan fingerprint density at radius 3 is 2.10 bits per heavy atom. The molecule has 0 saturated heterocycles. The lowest BCUT2D eigenvalue weighted by atomic mass is 10.2. The summed E-state index contributed by atoms with van der Waals surface area (Å²) in [6, 6.07) is 16.5. The van der Waals surface area contributed by atoms with Crippen molar-refractivity contribution in [2.24, 2.45) is 0 Å². The molecule has 0 fully saturated rings. The van der Waals surface area contributed by atoms with Crippen LogP contribution in [0.15, 0.2) is 65.6 Å². The van der Waals surface area contributed by atoms with E-state index in [1.807, 2.05) is 5.43 Å². The number of ether oxygens (including phenoxy) is 1. The summed E-state index contributed by atoms with van der Waals surface area (Å²) in [4.78, 5) is 34.5. The fourth-order valence-corrected chi connectivity index (χ4v) is 3.68. The fourth-order valence-electron chi connectivity index (χ4n) is 2.28. The zero-order chi connectivity index (χ0) is 21.3. The number of hydrogen-bond acceptors (Lipinski definition) is 6. The minimum Gasteiger partial charge on any atom is -0.455 e. The Morgan fingerprint density at radius 2 is 1.52 bits per heavy atom. The van der Waals surface area contributed by atoms with Gasteiger partial charge in [0, 0.05) is 13.5 Å². The Labute approximate surface area is 168 Å². The molecule has 0 aromatic heterocycles. The van der Waals surface area contributed by atoms with Crippen LogP contribution in [0.3, 0.4) is 0 Å². The Bertz CT molecular complexity index is 948. The van der Waals surface area contributed by atoms with E-state index in [1.165, 1.54) is 19.1 Å². The first-order valence-corrected chi connectivity index (χ1v) is 10.0. The van der Waals surface area contributed by atoms with E-state index >= 15 is 0 Å². The summed E-state index contributed by atoms with van der Waals surface area (Å²) in [6.45, 7) is -0.101. The number of hydrazine groups is 1. The first kappa shape index (κ1) is 22.1. The smallest absolute Gasteiger partial charge is 0.321 e. The van der Waals surface area contributed by atoms with E-state index in [-0.39, 0.29) is 11.4 Å². The van der Waals surface area contributed by atoms with E-state index in [4.69, 9.17) is 4.74 Å². The van der Waals surface area contributed by atoms with Gasteiger partial charge in [0.2, 0.25) is 15.9 Å². The molecule has 0 bridgehead atoms. The standard InChI is InChI=1S/C19H21N3O6S/c1-15(23)20-21-18(24)14-28-19(25)13-22(12-16-8-4-2-5-9-16)29(26,27)17-10-6-3-7-11-17/h2-11H,12-14H2,1H3,(H,20,23)(H,21,24). The number of hydrogen-bond donors (Lipinski definition) is 2. The lowest BCUT2D eigenvalue weighted by Crippen LogP contribution is -2.43. The Kier molecular flexibility index (Phi) is 7.87. The van der Waals surface area contributed by atoms with E-state index in [2.05, 4.69) is 5.43 Å². The monoisotopic (exact) mass is 419 g/mol. The number of nitrogens with one attached hydrogen (secondary N) is 2. The van der Waals surface area contributed by atoms with Gasteiger partial charge in [-0.15, -0.1) is 0 Å². The molecule has 2 amide bonds. The van der Waals surface area contributed by atoms with Gasteiger partial charge in [0.05, 0.1) is 4.90 Å². The molecular formula is C19H21N3O6S. The minimum absolute atomic E-state index is 0.0344. The summed E-state index contributed by atoms with van der Waals surface area (Å²) in [5.41, 5.74) is 4.77. The van der Waals surface area contributed by atoms with Crippen molar-refractivity contribution in [3.63, 3.8) is 0 Å². The summed E-state index contributed by atoms with van der Waals surface area (Å²) in [5.74, 6) is -2.15. The molecule has 10 heteroatoms. The van der Waals surface area contributed by atoms with Crippen LogP contribution >= 0.6 is 0 Å². The van der Waals surface area contributed by atoms with Crippen LogP contribution in [0.4, 0.5) is 0 Å². The Hall–Kier alpha value is -3.24. The van der Waals surface area contributed by atoms with E-state index < -0.39 is 41.0 Å². The molecule has 0 aliphatic carbocycles. The van der Waals surface area contributed by atoms with Gasteiger partial charge in [-0.05, 0) is 17.7 Å². The molecule has 29 heavy (non-hydrogen) atoms. The second kappa shape index (κ2) is 10.3. The number of carbonyl (C=O) groups excluding carboxylic acids is 3. The molecule has 9 nitrogen and oxygen atoms in total. The molecule has 0 spiro atoms. The van der Waals surface area contributed by atoms with E-state index in [9.17, 15) is 22.8 Å². The molecule has 0 saturated carbocycles.